The maximum Gasteiger partial charge on any atom is 0.370 e. The van der Waals surface area contributed by atoms with Crippen LogP contribution >= 0.6 is 0 Å². The molecule has 1 aliphatic heterocycles. The summed E-state index contributed by atoms with van der Waals surface area (Å²) in [6.45, 7) is 0.980. The number of carboxylic acids is 1. The fraction of sp³-hybridized carbons (Fsp3) is 0.381. The van der Waals surface area contributed by atoms with Crippen molar-refractivity contribution in [2.24, 2.45) is 0 Å². The molecule has 0 fully saturated rings. The average Bonchev–Trinajstić information content (AvgIpc) is 3.25. The molecule has 1 aromatic carbocycles. The van der Waals surface area contributed by atoms with Gasteiger partial charge in [0.25, 0.3) is 5.91 Å². The summed E-state index contributed by atoms with van der Waals surface area (Å²) in [5, 5.41) is 53.4. The summed E-state index contributed by atoms with van der Waals surface area (Å²) >= 11 is 0. The zero-order chi connectivity index (χ0) is 24.8. The van der Waals surface area contributed by atoms with Gasteiger partial charge in [0.15, 0.2) is 6.10 Å². The number of aliphatic carboxylic acids is 1. The van der Waals surface area contributed by atoms with Crippen LogP contribution < -0.4 is 10.6 Å². The van der Waals surface area contributed by atoms with Crippen LogP contribution in [0.25, 0.3) is 0 Å². The number of ether oxygens (including phenoxy) is 1. The predicted molar refractivity (Wildman–Crippen MR) is 114 cm³/mol. The van der Waals surface area contributed by atoms with E-state index < -0.39 is 48.1 Å². The number of aliphatic hydroxyl groups excluding tert-OH is 3. The van der Waals surface area contributed by atoms with Crippen LogP contribution in [-0.2, 0) is 27.4 Å². The van der Waals surface area contributed by atoms with E-state index in [0.717, 1.165) is 6.08 Å². The highest BCUT2D eigenvalue weighted by Crippen LogP contribution is 2.23. The van der Waals surface area contributed by atoms with E-state index in [4.69, 9.17) is 4.74 Å². The molecule has 0 radical (unpaired) electrons. The van der Waals surface area contributed by atoms with E-state index in [9.17, 15) is 34.8 Å². The van der Waals surface area contributed by atoms with E-state index >= 15 is 0 Å². The molecule has 2 aromatic rings. The molecule has 0 aliphatic carbocycles. The molecule has 1 aromatic heterocycles. The zero-order valence-electron chi connectivity index (χ0n) is 18.1. The number of hydrogen-bond donors (Lipinski definition) is 6. The van der Waals surface area contributed by atoms with Gasteiger partial charge >= 0.3 is 5.97 Å². The SMILES string of the molecule is CC(=O)N[C@H]1[C@H]([C@H](O)[C@H](O)Cn2cc(CNC(=O)c3ccccc3)nn2)OC(C(=O)O)=C[C@@H]1O. The number of nitrogens with zero attached hydrogens (tertiary/aromatic N) is 3. The lowest BCUT2D eigenvalue weighted by Gasteiger charge is -2.38. The molecule has 3 rings (SSSR count). The van der Waals surface area contributed by atoms with E-state index in [-0.39, 0.29) is 19.0 Å². The van der Waals surface area contributed by atoms with Gasteiger partial charge in [0.1, 0.15) is 24.0 Å². The minimum Gasteiger partial charge on any atom is -0.478 e. The van der Waals surface area contributed by atoms with Gasteiger partial charge in [-0.3, -0.25) is 9.59 Å². The predicted octanol–water partition coefficient (Wildman–Crippen LogP) is -1.84. The quantitative estimate of drug-likeness (QED) is 0.240. The fourth-order valence-corrected chi connectivity index (χ4v) is 3.41. The number of carboxylic acid groups (broad SMARTS) is 1. The van der Waals surface area contributed by atoms with Crippen LogP contribution in [0.15, 0.2) is 48.4 Å². The zero-order valence-corrected chi connectivity index (χ0v) is 18.1. The second-order valence-electron chi connectivity index (χ2n) is 7.67. The Labute approximate surface area is 193 Å². The number of hydrogen-bond acceptors (Lipinski definition) is 9. The van der Waals surface area contributed by atoms with E-state index in [1.807, 2.05) is 0 Å². The van der Waals surface area contributed by atoms with E-state index in [0.29, 0.717) is 11.3 Å². The van der Waals surface area contributed by atoms with Crippen molar-refractivity contribution in [2.45, 2.75) is 50.5 Å². The number of aromatic nitrogens is 3. The topological polar surface area (TPSA) is 196 Å². The lowest BCUT2D eigenvalue weighted by molar-refractivity contribution is -0.148. The Kier molecular flexibility index (Phi) is 7.94. The van der Waals surface area contributed by atoms with Crippen molar-refractivity contribution in [3.05, 3.63) is 59.6 Å². The highest BCUT2D eigenvalue weighted by molar-refractivity contribution is 5.94. The molecular weight excluding hydrogens is 450 g/mol. The van der Waals surface area contributed by atoms with E-state index in [1.165, 1.54) is 17.8 Å². The standard InChI is InChI=1S/C21H25N5O8/c1-11(27)23-17-14(28)7-16(21(32)33)34-19(17)18(30)15(29)10-26-9-13(24-25-26)8-22-20(31)12-5-3-2-4-6-12/h2-7,9,14-15,17-19,28-30H,8,10H2,1H3,(H,22,31)(H,23,27)(H,32,33)/t14-,15+,17+,18+,19+/m0/s1. The summed E-state index contributed by atoms with van der Waals surface area (Å²) in [5.74, 6) is -2.96. The summed E-state index contributed by atoms with van der Waals surface area (Å²) in [7, 11) is 0. The third kappa shape index (κ3) is 6.15. The molecule has 6 N–H and O–H groups in total. The Morgan fingerprint density at radius 2 is 1.91 bits per heavy atom. The molecule has 0 saturated carbocycles. The molecule has 13 heteroatoms. The maximum absolute atomic E-state index is 12.1. The highest BCUT2D eigenvalue weighted by Gasteiger charge is 2.43. The molecular formula is C21H25N5O8. The molecule has 0 unspecified atom stereocenters. The number of rotatable bonds is 9. The molecule has 34 heavy (non-hydrogen) atoms. The minimum atomic E-state index is -1.71. The summed E-state index contributed by atoms with van der Waals surface area (Å²) in [4.78, 5) is 34.9. The molecule has 1 aliphatic rings. The lowest BCUT2D eigenvalue weighted by Crippen LogP contribution is -2.59. The van der Waals surface area contributed by atoms with Gasteiger partial charge in [-0.1, -0.05) is 23.4 Å². The Morgan fingerprint density at radius 1 is 1.21 bits per heavy atom. The van der Waals surface area contributed by atoms with Crippen LogP contribution in [-0.4, -0.2) is 83.7 Å². The van der Waals surface area contributed by atoms with Crippen LogP contribution in [0.3, 0.4) is 0 Å². The number of carbonyl (C=O) groups is 3. The number of benzene rings is 1. The Bertz CT molecular complexity index is 1060. The van der Waals surface area contributed by atoms with Crippen LogP contribution in [0.4, 0.5) is 0 Å². The second kappa shape index (κ2) is 10.9. The smallest absolute Gasteiger partial charge is 0.370 e. The van der Waals surface area contributed by atoms with Crippen molar-refractivity contribution < 1.29 is 39.5 Å². The lowest BCUT2D eigenvalue weighted by atomic mass is 9.93. The largest absolute Gasteiger partial charge is 0.478 e. The molecule has 2 amide bonds. The van der Waals surface area contributed by atoms with E-state index in [2.05, 4.69) is 20.9 Å². The third-order valence-electron chi connectivity index (χ3n) is 5.04. The highest BCUT2D eigenvalue weighted by atomic mass is 16.5. The maximum atomic E-state index is 12.1. The van der Waals surface area contributed by atoms with Gasteiger partial charge in [-0.25, -0.2) is 9.48 Å². The molecule has 0 spiro atoms. The summed E-state index contributed by atoms with van der Waals surface area (Å²) in [6, 6.07) is 7.38. The fourth-order valence-electron chi connectivity index (χ4n) is 3.41. The van der Waals surface area contributed by atoms with Crippen molar-refractivity contribution in [3.8, 4) is 0 Å². The number of amides is 2. The first-order chi connectivity index (χ1) is 16.2. The average molecular weight is 475 g/mol. The van der Waals surface area contributed by atoms with Gasteiger partial charge in [0, 0.05) is 12.5 Å². The van der Waals surface area contributed by atoms with Crippen LogP contribution in [0, 0.1) is 0 Å². The van der Waals surface area contributed by atoms with Gasteiger partial charge in [0.05, 0.1) is 25.3 Å². The first kappa shape index (κ1) is 24.8. The molecule has 2 heterocycles. The number of carbonyl (C=O) groups excluding carboxylic acids is 2. The van der Waals surface area contributed by atoms with E-state index in [1.54, 1.807) is 30.3 Å². The third-order valence-corrected chi connectivity index (χ3v) is 5.04. The van der Waals surface area contributed by atoms with Crippen molar-refractivity contribution in [1.29, 1.82) is 0 Å². The van der Waals surface area contributed by atoms with Crippen molar-refractivity contribution in [3.63, 3.8) is 0 Å². The van der Waals surface area contributed by atoms with Crippen LogP contribution in [0.2, 0.25) is 0 Å². The van der Waals surface area contributed by atoms with Crippen molar-refractivity contribution in [1.82, 2.24) is 25.6 Å². The summed E-state index contributed by atoms with van der Waals surface area (Å²) < 4.78 is 6.47. The first-order valence-electron chi connectivity index (χ1n) is 10.3. The first-order valence-corrected chi connectivity index (χ1v) is 10.3. The Balaban J connectivity index is 1.63. The van der Waals surface area contributed by atoms with Gasteiger partial charge in [0.2, 0.25) is 11.7 Å². The summed E-state index contributed by atoms with van der Waals surface area (Å²) in [5.41, 5.74) is 0.870. The van der Waals surface area contributed by atoms with Gasteiger partial charge < -0.3 is 35.8 Å². The van der Waals surface area contributed by atoms with Crippen LogP contribution in [0.5, 0.6) is 0 Å². The Hall–Kier alpha value is -3.81. The molecule has 0 saturated heterocycles. The number of nitrogens with one attached hydrogen (secondary N) is 2. The van der Waals surface area contributed by atoms with Gasteiger partial charge in [-0.2, -0.15) is 0 Å². The monoisotopic (exact) mass is 475 g/mol. The molecule has 5 atom stereocenters. The normalized spacial score (nSPS) is 21.5. The minimum absolute atomic E-state index is 0.0711. The molecule has 0 bridgehead atoms. The van der Waals surface area contributed by atoms with Crippen molar-refractivity contribution in [2.75, 3.05) is 0 Å². The second-order valence-corrected chi connectivity index (χ2v) is 7.67. The number of aliphatic hydroxyl groups is 3. The summed E-state index contributed by atoms with van der Waals surface area (Å²) in [6.07, 6.45) is -3.83. The van der Waals surface area contributed by atoms with Gasteiger partial charge in [-0.05, 0) is 18.2 Å². The van der Waals surface area contributed by atoms with Crippen LogP contribution in [0.1, 0.15) is 23.0 Å². The van der Waals surface area contributed by atoms with Crippen molar-refractivity contribution >= 4 is 17.8 Å². The van der Waals surface area contributed by atoms with Gasteiger partial charge in [-0.15, -0.1) is 5.10 Å². The molecule has 182 valence electrons. The molecule has 13 nitrogen and oxygen atoms in total. The Morgan fingerprint density at radius 3 is 2.56 bits per heavy atom.